The summed E-state index contributed by atoms with van der Waals surface area (Å²) in [5.41, 5.74) is 5.14. The predicted octanol–water partition coefficient (Wildman–Crippen LogP) is 4.91. The molecule has 0 radical (unpaired) electrons. The molecule has 0 bridgehead atoms. The van der Waals surface area contributed by atoms with Crippen LogP contribution in [0.4, 0.5) is 24.8 Å². The zero-order chi connectivity index (χ0) is 25.0. The van der Waals surface area contributed by atoms with E-state index in [2.05, 4.69) is 31.3 Å². The van der Waals surface area contributed by atoms with E-state index in [-0.39, 0.29) is 17.8 Å². The number of rotatable bonds is 6. The fourth-order valence-corrected chi connectivity index (χ4v) is 3.37. The molecule has 7 nitrogen and oxygen atoms in total. The second kappa shape index (κ2) is 9.82. The van der Waals surface area contributed by atoms with Crippen molar-refractivity contribution in [2.75, 3.05) is 17.7 Å². The number of aryl methyl sites for hydroxylation is 1. The zero-order valence-corrected chi connectivity index (χ0v) is 18.9. The minimum atomic E-state index is -4.54. The Labute approximate surface area is 199 Å². The standard InChI is InChI=1S/C25H21F3N6O/c1-16-22(25(26,27)28)11-21(14-29-16)32-23(35)10-17-5-7-18(8-6-17)19-12-30-24(31-13-19)33-20-4-3-9-34(2)15-20/h4-9,11-15H,10H2,1-2H3,(H,32,35)(H,30,31,33). The number of amides is 1. The number of nitrogens with one attached hydrogen (secondary N) is 2. The molecule has 3 aromatic rings. The van der Waals surface area contributed by atoms with E-state index in [9.17, 15) is 18.0 Å². The second-order valence-corrected chi connectivity index (χ2v) is 7.89. The molecule has 35 heavy (non-hydrogen) atoms. The average molecular weight is 478 g/mol. The first-order valence-corrected chi connectivity index (χ1v) is 10.6. The molecule has 0 atom stereocenters. The molecule has 0 saturated carbocycles. The molecule has 178 valence electrons. The van der Waals surface area contributed by atoms with Gasteiger partial charge >= 0.3 is 6.18 Å². The summed E-state index contributed by atoms with van der Waals surface area (Å²) >= 11 is 0. The van der Waals surface area contributed by atoms with Gasteiger partial charge < -0.3 is 15.5 Å². The van der Waals surface area contributed by atoms with Gasteiger partial charge in [0.1, 0.15) is 0 Å². The van der Waals surface area contributed by atoms with E-state index in [1.54, 1.807) is 36.8 Å². The molecule has 10 heteroatoms. The largest absolute Gasteiger partial charge is 0.418 e. The molecule has 2 aromatic heterocycles. The van der Waals surface area contributed by atoms with E-state index in [4.69, 9.17) is 0 Å². The van der Waals surface area contributed by atoms with Crippen LogP contribution in [-0.2, 0) is 17.4 Å². The fourth-order valence-electron chi connectivity index (χ4n) is 3.37. The van der Waals surface area contributed by atoms with Gasteiger partial charge in [0, 0.05) is 49.2 Å². The van der Waals surface area contributed by atoms with Crippen molar-refractivity contribution in [1.29, 1.82) is 0 Å². The molecule has 0 saturated heterocycles. The van der Waals surface area contributed by atoms with Crippen LogP contribution in [0.15, 0.2) is 78.8 Å². The molecular formula is C25H21F3N6O. The van der Waals surface area contributed by atoms with E-state index in [1.165, 1.54) is 13.1 Å². The van der Waals surface area contributed by atoms with Crippen LogP contribution < -0.4 is 10.6 Å². The van der Waals surface area contributed by atoms with E-state index >= 15 is 0 Å². The van der Waals surface area contributed by atoms with Gasteiger partial charge in [0.05, 0.1) is 29.6 Å². The molecule has 4 rings (SSSR count). The summed E-state index contributed by atoms with van der Waals surface area (Å²) in [5.74, 6) is 0.00256. The lowest BCUT2D eigenvalue weighted by atomic mass is 10.0. The maximum absolute atomic E-state index is 13.1. The highest BCUT2D eigenvalue weighted by molar-refractivity contribution is 5.92. The molecule has 1 aliphatic heterocycles. The Balaban J connectivity index is 1.37. The summed E-state index contributed by atoms with van der Waals surface area (Å²) < 4.78 is 39.2. The molecule has 1 aliphatic rings. The first kappa shape index (κ1) is 23.7. The number of carbonyl (C=O) groups excluding carboxylic acids is 1. The van der Waals surface area contributed by atoms with Crippen LogP contribution in [0.2, 0.25) is 0 Å². The highest BCUT2D eigenvalue weighted by Gasteiger charge is 2.33. The van der Waals surface area contributed by atoms with Crippen LogP contribution in [-0.4, -0.2) is 32.8 Å². The molecule has 1 amide bonds. The molecule has 0 unspecified atom stereocenters. The summed E-state index contributed by atoms with van der Waals surface area (Å²) in [6, 6.07) is 8.09. The second-order valence-electron chi connectivity index (χ2n) is 7.89. The third-order valence-corrected chi connectivity index (χ3v) is 5.10. The van der Waals surface area contributed by atoms with Crippen molar-refractivity contribution in [1.82, 2.24) is 19.9 Å². The van der Waals surface area contributed by atoms with E-state index in [0.29, 0.717) is 11.5 Å². The fraction of sp³-hybridized carbons (Fsp3) is 0.160. The predicted molar refractivity (Wildman–Crippen MR) is 126 cm³/mol. The lowest BCUT2D eigenvalue weighted by Gasteiger charge is -2.13. The number of anilines is 2. The molecule has 1 aromatic carbocycles. The molecule has 0 aliphatic carbocycles. The quantitative estimate of drug-likeness (QED) is 0.490. The first-order chi connectivity index (χ1) is 16.7. The topological polar surface area (TPSA) is 83.0 Å². The van der Waals surface area contributed by atoms with E-state index in [1.807, 2.05) is 30.3 Å². The van der Waals surface area contributed by atoms with Gasteiger partial charge in [0.15, 0.2) is 0 Å². The Morgan fingerprint density at radius 3 is 2.43 bits per heavy atom. The lowest BCUT2D eigenvalue weighted by Crippen LogP contribution is -2.16. The van der Waals surface area contributed by atoms with Crippen LogP contribution in [0.1, 0.15) is 16.8 Å². The molecular weight excluding hydrogens is 457 g/mol. The van der Waals surface area contributed by atoms with Gasteiger partial charge in [-0.15, -0.1) is 5.73 Å². The van der Waals surface area contributed by atoms with Crippen LogP contribution in [0.3, 0.4) is 0 Å². The summed E-state index contributed by atoms with van der Waals surface area (Å²) in [5, 5.41) is 5.58. The van der Waals surface area contributed by atoms with Gasteiger partial charge in [-0.05, 0) is 24.1 Å². The van der Waals surface area contributed by atoms with Crippen LogP contribution in [0.5, 0.6) is 0 Å². The number of alkyl halides is 3. The Morgan fingerprint density at radius 1 is 1.06 bits per heavy atom. The van der Waals surface area contributed by atoms with Crippen LogP contribution in [0, 0.1) is 6.92 Å². The third kappa shape index (κ3) is 6.13. The van der Waals surface area contributed by atoms with Crippen molar-refractivity contribution in [3.8, 4) is 11.1 Å². The van der Waals surface area contributed by atoms with Crippen molar-refractivity contribution in [2.24, 2.45) is 0 Å². The van der Waals surface area contributed by atoms with Gasteiger partial charge in [-0.1, -0.05) is 24.3 Å². The number of hydrogen-bond donors (Lipinski definition) is 2. The normalized spacial score (nSPS) is 12.9. The van der Waals surface area contributed by atoms with Gasteiger partial charge in [0.2, 0.25) is 11.9 Å². The number of benzene rings is 1. The van der Waals surface area contributed by atoms with Crippen molar-refractivity contribution >= 4 is 17.5 Å². The number of allylic oxidation sites excluding steroid dienone is 1. The smallest absolute Gasteiger partial charge is 0.349 e. The first-order valence-electron chi connectivity index (χ1n) is 10.6. The van der Waals surface area contributed by atoms with E-state index < -0.39 is 17.6 Å². The maximum atomic E-state index is 13.1. The highest BCUT2D eigenvalue weighted by Crippen LogP contribution is 2.32. The summed E-state index contributed by atoms with van der Waals surface area (Å²) in [6.07, 6.45) is 5.51. The van der Waals surface area contributed by atoms with E-state index in [0.717, 1.165) is 22.9 Å². The molecule has 0 fully saturated rings. The Hall–Kier alpha value is -4.43. The number of nitrogens with zero attached hydrogens (tertiary/aromatic N) is 4. The number of hydrogen-bond acceptors (Lipinski definition) is 6. The number of carbonyl (C=O) groups is 1. The number of pyridine rings is 1. The minimum absolute atomic E-state index is 0.000384. The SMILES string of the molecule is Cc1ncc(NC(=O)Cc2ccc(-c3cnc(NC4=CN(C)C=C=C4)nc3)cc2)cc1C(F)(F)F. The van der Waals surface area contributed by atoms with Crippen LogP contribution in [0.25, 0.3) is 11.1 Å². The van der Waals surface area contributed by atoms with Crippen molar-refractivity contribution in [3.63, 3.8) is 0 Å². The van der Waals surface area contributed by atoms with Crippen molar-refractivity contribution in [3.05, 3.63) is 95.6 Å². The molecule has 2 N–H and O–H groups in total. The van der Waals surface area contributed by atoms with Gasteiger partial charge in [-0.25, -0.2) is 9.97 Å². The summed E-state index contributed by atoms with van der Waals surface area (Å²) in [6.45, 7) is 1.27. The Bertz CT molecular complexity index is 1320. The number of aromatic nitrogens is 3. The lowest BCUT2D eigenvalue weighted by molar-refractivity contribution is -0.138. The van der Waals surface area contributed by atoms with Gasteiger partial charge in [-0.3, -0.25) is 9.78 Å². The average Bonchev–Trinajstić information content (AvgIpc) is 2.81. The van der Waals surface area contributed by atoms with Gasteiger partial charge in [-0.2, -0.15) is 13.2 Å². The minimum Gasteiger partial charge on any atom is -0.349 e. The van der Waals surface area contributed by atoms with Crippen LogP contribution >= 0.6 is 0 Å². The molecule has 3 heterocycles. The number of halogens is 3. The Morgan fingerprint density at radius 2 is 1.77 bits per heavy atom. The zero-order valence-electron chi connectivity index (χ0n) is 18.9. The summed E-state index contributed by atoms with van der Waals surface area (Å²) in [7, 11) is 1.89. The summed E-state index contributed by atoms with van der Waals surface area (Å²) in [4.78, 5) is 26.6. The maximum Gasteiger partial charge on any atom is 0.418 e. The van der Waals surface area contributed by atoms with Crippen molar-refractivity contribution in [2.45, 2.75) is 19.5 Å². The van der Waals surface area contributed by atoms with Gasteiger partial charge in [0.25, 0.3) is 0 Å². The third-order valence-electron chi connectivity index (χ3n) is 5.10. The van der Waals surface area contributed by atoms with Crippen molar-refractivity contribution < 1.29 is 18.0 Å². The molecule has 0 spiro atoms. The Kier molecular flexibility index (Phi) is 6.66. The highest BCUT2D eigenvalue weighted by atomic mass is 19.4. The monoisotopic (exact) mass is 478 g/mol.